The Labute approximate surface area is 97.7 Å². The normalized spacial score (nSPS) is 23.0. The van der Waals surface area contributed by atoms with Crippen LogP contribution in [0.4, 0.5) is 0 Å². The molecular weight excluding hydrogens is 206 g/mol. The lowest BCUT2D eigenvalue weighted by atomic mass is 10.2. The standard InChI is InChI=1S/C11H23N3S/c1-5-6-10-7-12-11(15-10)13-9(2)8-14(3)4/h9-10H,5-8H2,1-4H3,(H,12,13). The number of nitrogens with zero attached hydrogens (tertiary/aromatic N) is 2. The molecule has 0 aromatic heterocycles. The van der Waals surface area contributed by atoms with Crippen LogP contribution >= 0.6 is 11.8 Å². The van der Waals surface area contributed by atoms with Gasteiger partial charge in [0.05, 0.1) is 6.54 Å². The molecule has 0 saturated carbocycles. The van der Waals surface area contributed by atoms with Gasteiger partial charge in [-0.05, 0) is 27.4 Å². The quantitative estimate of drug-likeness (QED) is 0.779. The molecule has 0 aliphatic carbocycles. The Morgan fingerprint density at radius 3 is 2.93 bits per heavy atom. The van der Waals surface area contributed by atoms with Gasteiger partial charge in [-0.25, -0.2) is 0 Å². The van der Waals surface area contributed by atoms with E-state index < -0.39 is 0 Å². The minimum Gasteiger partial charge on any atom is -0.361 e. The van der Waals surface area contributed by atoms with Crippen LogP contribution in [0, 0.1) is 0 Å². The predicted molar refractivity (Wildman–Crippen MR) is 69.7 cm³/mol. The fraction of sp³-hybridized carbons (Fsp3) is 0.909. The van der Waals surface area contributed by atoms with E-state index in [4.69, 9.17) is 0 Å². The van der Waals surface area contributed by atoms with Gasteiger partial charge >= 0.3 is 0 Å². The molecule has 1 heterocycles. The van der Waals surface area contributed by atoms with Gasteiger partial charge in [0.2, 0.25) is 0 Å². The molecule has 1 aliphatic rings. The van der Waals surface area contributed by atoms with Crippen molar-refractivity contribution in [1.82, 2.24) is 10.2 Å². The average Bonchev–Trinajstić information content (AvgIpc) is 2.51. The molecule has 0 saturated heterocycles. The van der Waals surface area contributed by atoms with E-state index in [0.29, 0.717) is 11.3 Å². The summed E-state index contributed by atoms with van der Waals surface area (Å²) in [6, 6.07) is 0.478. The van der Waals surface area contributed by atoms with Crippen LogP contribution in [0.2, 0.25) is 0 Å². The molecule has 1 rings (SSSR count). The van der Waals surface area contributed by atoms with Gasteiger partial charge in [-0.1, -0.05) is 25.1 Å². The minimum atomic E-state index is 0.478. The van der Waals surface area contributed by atoms with Crippen molar-refractivity contribution in [1.29, 1.82) is 0 Å². The molecule has 0 aromatic carbocycles. The summed E-state index contributed by atoms with van der Waals surface area (Å²) in [7, 11) is 4.20. The van der Waals surface area contributed by atoms with E-state index in [2.05, 4.69) is 43.2 Å². The molecule has 2 unspecified atom stereocenters. The Hall–Kier alpha value is -0.220. The van der Waals surface area contributed by atoms with Crippen molar-refractivity contribution in [3.8, 4) is 0 Å². The fourth-order valence-corrected chi connectivity index (χ4v) is 3.01. The van der Waals surface area contributed by atoms with Gasteiger partial charge < -0.3 is 10.2 Å². The van der Waals surface area contributed by atoms with E-state index in [9.17, 15) is 0 Å². The Bertz CT molecular complexity index is 216. The first-order valence-electron chi connectivity index (χ1n) is 5.74. The molecule has 15 heavy (non-hydrogen) atoms. The predicted octanol–water partition coefficient (Wildman–Crippen LogP) is 1.80. The summed E-state index contributed by atoms with van der Waals surface area (Å²) in [5, 5.41) is 5.32. The lowest BCUT2D eigenvalue weighted by molar-refractivity contribution is 0.370. The molecule has 0 bridgehead atoms. The lowest BCUT2D eigenvalue weighted by Gasteiger charge is -2.19. The van der Waals surface area contributed by atoms with Crippen LogP contribution in [0.25, 0.3) is 0 Å². The van der Waals surface area contributed by atoms with Crippen LogP contribution in [0.5, 0.6) is 0 Å². The van der Waals surface area contributed by atoms with Gasteiger partial charge in [0.25, 0.3) is 0 Å². The molecule has 0 radical (unpaired) electrons. The number of thioether (sulfide) groups is 1. The Balaban J connectivity index is 2.23. The van der Waals surface area contributed by atoms with Crippen LogP contribution in [0.15, 0.2) is 4.99 Å². The van der Waals surface area contributed by atoms with Crippen molar-refractivity contribution in [3.63, 3.8) is 0 Å². The lowest BCUT2D eigenvalue weighted by Crippen LogP contribution is -2.38. The third-order valence-electron chi connectivity index (χ3n) is 2.34. The zero-order chi connectivity index (χ0) is 11.3. The SMILES string of the molecule is CCCC1CN=C(NC(C)CN(C)C)S1. The second kappa shape index (κ2) is 6.38. The van der Waals surface area contributed by atoms with E-state index in [1.54, 1.807) is 0 Å². The van der Waals surface area contributed by atoms with E-state index >= 15 is 0 Å². The topological polar surface area (TPSA) is 27.6 Å². The first kappa shape index (κ1) is 12.8. The monoisotopic (exact) mass is 229 g/mol. The maximum atomic E-state index is 4.53. The zero-order valence-electron chi connectivity index (χ0n) is 10.3. The van der Waals surface area contributed by atoms with E-state index in [-0.39, 0.29) is 0 Å². The van der Waals surface area contributed by atoms with Crippen molar-refractivity contribution in [2.75, 3.05) is 27.2 Å². The Morgan fingerprint density at radius 2 is 2.33 bits per heavy atom. The Morgan fingerprint density at radius 1 is 1.60 bits per heavy atom. The maximum absolute atomic E-state index is 4.53. The molecule has 0 aromatic rings. The second-order valence-corrected chi connectivity index (χ2v) is 5.77. The van der Waals surface area contributed by atoms with Crippen LogP contribution in [0.1, 0.15) is 26.7 Å². The molecule has 0 spiro atoms. The van der Waals surface area contributed by atoms with Gasteiger partial charge in [0.1, 0.15) is 0 Å². The van der Waals surface area contributed by atoms with Crippen LogP contribution < -0.4 is 5.32 Å². The highest BCUT2D eigenvalue weighted by molar-refractivity contribution is 8.14. The van der Waals surface area contributed by atoms with Crippen LogP contribution in [0.3, 0.4) is 0 Å². The number of hydrogen-bond donors (Lipinski definition) is 1. The summed E-state index contributed by atoms with van der Waals surface area (Å²) in [6.45, 7) is 6.49. The van der Waals surface area contributed by atoms with Crippen molar-refractivity contribution in [2.45, 2.75) is 38.0 Å². The summed E-state index contributed by atoms with van der Waals surface area (Å²) in [4.78, 5) is 6.73. The Kier molecular flexibility index (Phi) is 5.47. The van der Waals surface area contributed by atoms with E-state index in [1.807, 2.05) is 11.8 Å². The van der Waals surface area contributed by atoms with Crippen molar-refractivity contribution in [3.05, 3.63) is 0 Å². The average molecular weight is 229 g/mol. The third-order valence-corrected chi connectivity index (χ3v) is 3.52. The molecule has 4 heteroatoms. The summed E-state index contributed by atoms with van der Waals surface area (Å²) in [5.74, 6) is 0. The minimum absolute atomic E-state index is 0.478. The summed E-state index contributed by atoms with van der Waals surface area (Å²) < 4.78 is 0. The largest absolute Gasteiger partial charge is 0.361 e. The van der Waals surface area contributed by atoms with Gasteiger partial charge in [-0.2, -0.15) is 0 Å². The summed E-state index contributed by atoms with van der Waals surface area (Å²) in [5.41, 5.74) is 0. The highest BCUT2D eigenvalue weighted by Gasteiger charge is 2.19. The molecule has 2 atom stereocenters. The van der Waals surface area contributed by atoms with E-state index in [1.165, 1.54) is 12.8 Å². The number of hydrogen-bond acceptors (Lipinski definition) is 4. The van der Waals surface area contributed by atoms with Crippen molar-refractivity contribution in [2.24, 2.45) is 4.99 Å². The second-order valence-electron chi connectivity index (χ2n) is 4.48. The number of likely N-dealkylation sites (N-methyl/N-ethyl adjacent to an activating group) is 1. The molecule has 1 aliphatic heterocycles. The number of rotatable bonds is 5. The smallest absolute Gasteiger partial charge is 0.157 e. The fourth-order valence-electron chi connectivity index (χ4n) is 1.77. The molecule has 1 N–H and O–H groups in total. The molecule has 88 valence electrons. The highest BCUT2D eigenvalue weighted by atomic mass is 32.2. The summed E-state index contributed by atoms with van der Waals surface area (Å²) >= 11 is 1.91. The van der Waals surface area contributed by atoms with Gasteiger partial charge in [-0.15, -0.1) is 0 Å². The van der Waals surface area contributed by atoms with Gasteiger partial charge in [0, 0.05) is 17.8 Å². The van der Waals surface area contributed by atoms with Crippen LogP contribution in [-0.2, 0) is 0 Å². The molecule has 0 fully saturated rings. The zero-order valence-corrected chi connectivity index (χ0v) is 11.1. The van der Waals surface area contributed by atoms with Crippen molar-refractivity contribution >= 4 is 16.9 Å². The molecular formula is C11H23N3S. The highest BCUT2D eigenvalue weighted by Crippen LogP contribution is 2.23. The molecule has 3 nitrogen and oxygen atoms in total. The first-order valence-corrected chi connectivity index (χ1v) is 6.62. The van der Waals surface area contributed by atoms with E-state index in [0.717, 1.165) is 18.3 Å². The number of amidine groups is 1. The number of aliphatic imine (C=N–C) groups is 1. The maximum Gasteiger partial charge on any atom is 0.157 e. The van der Waals surface area contributed by atoms with Crippen molar-refractivity contribution < 1.29 is 0 Å². The summed E-state index contributed by atoms with van der Waals surface area (Å²) in [6.07, 6.45) is 2.54. The number of nitrogens with one attached hydrogen (secondary N) is 1. The van der Waals surface area contributed by atoms with Crippen LogP contribution in [-0.4, -0.2) is 48.5 Å². The van der Waals surface area contributed by atoms with Gasteiger partial charge in [0.15, 0.2) is 5.17 Å². The first-order chi connectivity index (χ1) is 7.11. The molecule has 0 amide bonds. The third kappa shape index (κ3) is 4.89. The van der Waals surface area contributed by atoms with Gasteiger partial charge in [-0.3, -0.25) is 4.99 Å².